The van der Waals surface area contributed by atoms with Gasteiger partial charge in [0.15, 0.2) is 0 Å². The highest BCUT2D eigenvalue weighted by molar-refractivity contribution is 5.43. The zero-order valence-corrected chi connectivity index (χ0v) is 14.0. The number of hydrogen-bond acceptors (Lipinski definition) is 0. The van der Waals surface area contributed by atoms with Gasteiger partial charge in [-0.2, -0.15) is 0 Å². The van der Waals surface area contributed by atoms with Crippen LogP contribution in [0.1, 0.15) is 19.4 Å². The maximum atomic E-state index is 2.31. The molecular weight excluding hydrogens is 345 g/mol. The van der Waals surface area contributed by atoms with Crippen LogP contribution in [-0.2, 0) is 6.54 Å². The minimum absolute atomic E-state index is 0. The van der Waals surface area contributed by atoms with Crippen molar-refractivity contribution in [2.45, 2.75) is 26.4 Å². The van der Waals surface area contributed by atoms with Crippen molar-refractivity contribution < 1.29 is 24.0 Å². The molecule has 1 atom stereocenters. The Kier molecular flexibility index (Phi) is 6.01. The lowest BCUT2D eigenvalue weighted by Gasteiger charge is -2.38. The van der Waals surface area contributed by atoms with E-state index < -0.39 is 0 Å². The molecule has 0 aliphatic carbocycles. The van der Waals surface area contributed by atoms with Gasteiger partial charge in [-0.1, -0.05) is 48.5 Å². The second kappa shape index (κ2) is 7.06. The molecule has 0 spiro atoms. The highest BCUT2D eigenvalue weighted by atomic mass is 127. The van der Waals surface area contributed by atoms with Crippen molar-refractivity contribution in [3.8, 4) is 0 Å². The van der Waals surface area contributed by atoms with Crippen molar-refractivity contribution in [3.63, 3.8) is 0 Å². The van der Waals surface area contributed by atoms with E-state index in [4.69, 9.17) is 0 Å². The maximum absolute atomic E-state index is 2.31. The third kappa shape index (κ3) is 3.80. The molecule has 0 aromatic heterocycles. The Balaban J connectivity index is 0.00000180. The first-order chi connectivity index (χ1) is 8.63. The number of nitrogens with zero attached hydrogens (tertiary/aromatic N) is 1. The molecule has 2 rings (SSSR count). The van der Waals surface area contributed by atoms with Gasteiger partial charge < -0.3 is 24.0 Å². The van der Waals surface area contributed by atoms with Crippen molar-refractivity contribution >= 4 is 5.69 Å². The largest absolute Gasteiger partial charge is 1.00 e. The SMILES string of the molecule is CC(C)[N@+](C)(Cc1ccccc1)c1ccccc1.[I-]. The summed E-state index contributed by atoms with van der Waals surface area (Å²) in [7, 11) is 2.31. The number of hydrogen-bond donors (Lipinski definition) is 0. The van der Waals surface area contributed by atoms with Crippen LogP contribution in [0.5, 0.6) is 0 Å². The van der Waals surface area contributed by atoms with Gasteiger partial charge in [-0.05, 0) is 26.0 Å². The first-order valence-corrected chi connectivity index (χ1v) is 6.57. The summed E-state index contributed by atoms with van der Waals surface area (Å²) in [6.07, 6.45) is 0. The molecular formula is C17H22IN. The van der Waals surface area contributed by atoms with E-state index in [2.05, 4.69) is 81.6 Å². The summed E-state index contributed by atoms with van der Waals surface area (Å²) in [5, 5.41) is 0. The highest BCUT2D eigenvalue weighted by Crippen LogP contribution is 2.26. The van der Waals surface area contributed by atoms with E-state index in [0.717, 1.165) is 11.0 Å². The second-order valence-corrected chi connectivity index (χ2v) is 5.34. The third-order valence-corrected chi connectivity index (χ3v) is 3.84. The van der Waals surface area contributed by atoms with Crippen molar-refractivity contribution in [2.75, 3.05) is 7.05 Å². The lowest BCUT2D eigenvalue weighted by molar-refractivity contribution is -0.00000385. The molecule has 0 fully saturated rings. The van der Waals surface area contributed by atoms with Gasteiger partial charge in [-0.3, -0.25) is 4.48 Å². The molecule has 0 saturated heterocycles. The molecule has 102 valence electrons. The summed E-state index contributed by atoms with van der Waals surface area (Å²) in [6, 6.07) is 22.1. The summed E-state index contributed by atoms with van der Waals surface area (Å²) in [6.45, 7) is 5.61. The van der Waals surface area contributed by atoms with E-state index in [1.165, 1.54) is 11.3 Å². The van der Waals surface area contributed by atoms with Gasteiger partial charge in [0.25, 0.3) is 0 Å². The first kappa shape index (κ1) is 16.2. The van der Waals surface area contributed by atoms with Crippen LogP contribution >= 0.6 is 0 Å². The molecule has 1 nitrogen and oxygen atoms in total. The molecule has 2 aromatic rings. The van der Waals surface area contributed by atoms with Gasteiger partial charge in [-0.25, -0.2) is 0 Å². The van der Waals surface area contributed by atoms with Crippen LogP contribution in [0.15, 0.2) is 60.7 Å². The van der Waals surface area contributed by atoms with Gasteiger partial charge in [-0.15, -0.1) is 0 Å². The standard InChI is InChI=1S/C17H22N.HI/c1-15(2)18(3,17-12-8-5-9-13-17)14-16-10-6-4-7-11-16;/h4-13,15H,14H2,1-3H3;1H/q+1;/p-1/t18-;/m0./s1. The molecule has 2 aromatic carbocycles. The van der Waals surface area contributed by atoms with Gasteiger partial charge in [0, 0.05) is 5.56 Å². The van der Waals surface area contributed by atoms with E-state index in [1.54, 1.807) is 0 Å². The number of halogens is 1. The molecule has 0 N–H and O–H groups in total. The Labute approximate surface area is 133 Å². The minimum Gasteiger partial charge on any atom is -1.00 e. The fourth-order valence-corrected chi connectivity index (χ4v) is 2.30. The number of rotatable bonds is 4. The molecule has 0 saturated carbocycles. The average Bonchev–Trinajstić information content (AvgIpc) is 2.40. The van der Waals surface area contributed by atoms with E-state index in [-0.39, 0.29) is 24.0 Å². The summed E-state index contributed by atoms with van der Waals surface area (Å²) >= 11 is 0. The number of quaternary nitrogens is 1. The van der Waals surface area contributed by atoms with E-state index in [1.807, 2.05) is 0 Å². The van der Waals surface area contributed by atoms with E-state index in [9.17, 15) is 0 Å². The number of benzene rings is 2. The van der Waals surface area contributed by atoms with Gasteiger partial charge >= 0.3 is 0 Å². The summed E-state index contributed by atoms with van der Waals surface area (Å²) in [4.78, 5) is 0. The molecule has 0 aliphatic rings. The van der Waals surface area contributed by atoms with Crippen molar-refractivity contribution in [1.29, 1.82) is 0 Å². The highest BCUT2D eigenvalue weighted by Gasteiger charge is 2.28. The summed E-state index contributed by atoms with van der Waals surface area (Å²) in [5.41, 5.74) is 2.76. The van der Waals surface area contributed by atoms with Crippen molar-refractivity contribution in [2.24, 2.45) is 0 Å². The molecule has 19 heavy (non-hydrogen) atoms. The van der Waals surface area contributed by atoms with Gasteiger partial charge in [0.2, 0.25) is 0 Å². The van der Waals surface area contributed by atoms with Crippen LogP contribution < -0.4 is 28.5 Å². The normalized spacial score (nSPS) is 13.7. The van der Waals surface area contributed by atoms with Crippen LogP contribution in [0.25, 0.3) is 0 Å². The Bertz CT molecular complexity index is 481. The molecule has 0 bridgehead atoms. The molecule has 0 aliphatic heterocycles. The lowest BCUT2D eigenvalue weighted by atomic mass is 10.1. The molecule has 0 unspecified atom stereocenters. The smallest absolute Gasteiger partial charge is 0.133 e. The lowest BCUT2D eigenvalue weighted by Crippen LogP contribution is -3.00. The van der Waals surface area contributed by atoms with Crippen LogP contribution in [-0.4, -0.2) is 13.1 Å². The van der Waals surface area contributed by atoms with Gasteiger partial charge in [0.05, 0.1) is 13.1 Å². The predicted molar refractivity (Wildman–Crippen MR) is 79.4 cm³/mol. The van der Waals surface area contributed by atoms with Crippen LogP contribution in [0.3, 0.4) is 0 Å². The van der Waals surface area contributed by atoms with Crippen molar-refractivity contribution in [3.05, 3.63) is 66.2 Å². The topological polar surface area (TPSA) is 0 Å². The quantitative estimate of drug-likeness (QED) is 0.564. The van der Waals surface area contributed by atoms with Crippen LogP contribution in [0.4, 0.5) is 5.69 Å². The second-order valence-electron chi connectivity index (χ2n) is 5.34. The zero-order valence-electron chi connectivity index (χ0n) is 11.9. The molecule has 0 heterocycles. The summed E-state index contributed by atoms with van der Waals surface area (Å²) < 4.78 is 0.935. The van der Waals surface area contributed by atoms with Crippen molar-refractivity contribution in [1.82, 2.24) is 4.48 Å². The maximum Gasteiger partial charge on any atom is 0.133 e. The van der Waals surface area contributed by atoms with Crippen LogP contribution in [0, 0.1) is 0 Å². The Morgan fingerprint density at radius 2 is 1.32 bits per heavy atom. The Morgan fingerprint density at radius 3 is 1.79 bits per heavy atom. The van der Waals surface area contributed by atoms with E-state index >= 15 is 0 Å². The number of para-hydroxylation sites is 1. The fourth-order valence-electron chi connectivity index (χ4n) is 2.30. The zero-order chi connectivity index (χ0) is 13.0. The Morgan fingerprint density at radius 1 is 0.842 bits per heavy atom. The molecule has 0 radical (unpaired) electrons. The van der Waals surface area contributed by atoms with Crippen LogP contribution in [0.2, 0.25) is 0 Å². The Hall–Kier alpha value is -0.870. The average molecular weight is 367 g/mol. The molecule has 0 amide bonds. The summed E-state index contributed by atoms with van der Waals surface area (Å²) in [5.74, 6) is 0. The van der Waals surface area contributed by atoms with Gasteiger partial charge in [0.1, 0.15) is 12.2 Å². The first-order valence-electron chi connectivity index (χ1n) is 6.57. The third-order valence-electron chi connectivity index (χ3n) is 3.84. The van der Waals surface area contributed by atoms with E-state index in [0.29, 0.717) is 6.04 Å². The molecule has 2 heteroatoms. The fraction of sp³-hybridized carbons (Fsp3) is 0.294. The predicted octanol–water partition coefficient (Wildman–Crippen LogP) is 1.24. The monoisotopic (exact) mass is 367 g/mol. The minimum atomic E-state index is 0.